The van der Waals surface area contributed by atoms with Crippen molar-refractivity contribution in [2.45, 2.75) is 13.1 Å². The molecule has 18 heavy (non-hydrogen) atoms. The highest BCUT2D eigenvalue weighted by atomic mass is 32.1. The standard InChI is InChI=1S/C13H10F3NS/c1-9-2-7-12(18-9)8-17-11-5-3-10(4-6-11)13(14,15)16/h2-8H,1H3. The van der Waals surface area contributed by atoms with E-state index in [0.29, 0.717) is 5.69 Å². The third-order valence-corrected chi connectivity index (χ3v) is 3.23. The Hall–Kier alpha value is -1.62. The van der Waals surface area contributed by atoms with Crippen LogP contribution in [0.4, 0.5) is 18.9 Å². The van der Waals surface area contributed by atoms with Gasteiger partial charge in [-0.3, -0.25) is 4.99 Å². The van der Waals surface area contributed by atoms with E-state index in [9.17, 15) is 13.2 Å². The van der Waals surface area contributed by atoms with Gasteiger partial charge in [0, 0.05) is 16.0 Å². The van der Waals surface area contributed by atoms with E-state index in [-0.39, 0.29) is 0 Å². The summed E-state index contributed by atoms with van der Waals surface area (Å²) in [6.45, 7) is 1.99. The average molecular weight is 269 g/mol. The van der Waals surface area contributed by atoms with Gasteiger partial charge in [-0.25, -0.2) is 0 Å². The molecule has 1 aromatic carbocycles. The molecule has 1 heterocycles. The van der Waals surface area contributed by atoms with E-state index >= 15 is 0 Å². The van der Waals surface area contributed by atoms with Crippen molar-refractivity contribution in [3.05, 3.63) is 51.7 Å². The largest absolute Gasteiger partial charge is 0.416 e. The molecular formula is C13H10F3NS. The molecule has 2 aromatic rings. The quantitative estimate of drug-likeness (QED) is 0.693. The highest BCUT2D eigenvalue weighted by molar-refractivity contribution is 7.13. The van der Waals surface area contributed by atoms with Crippen molar-refractivity contribution in [2.24, 2.45) is 4.99 Å². The summed E-state index contributed by atoms with van der Waals surface area (Å²) in [6, 6.07) is 8.69. The highest BCUT2D eigenvalue weighted by Gasteiger charge is 2.29. The molecule has 0 saturated heterocycles. The molecule has 0 atom stereocenters. The predicted octanol–water partition coefficient (Wildman–Crippen LogP) is 4.83. The summed E-state index contributed by atoms with van der Waals surface area (Å²) in [5.74, 6) is 0. The van der Waals surface area contributed by atoms with E-state index in [1.165, 1.54) is 17.0 Å². The minimum Gasteiger partial charge on any atom is -0.255 e. The number of benzene rings is 1. The Morgan fingerprint density at radius 2 is 1.72 bits per heavy atom. The second kappa shape index (κ2) is 4.94. The summed E-state index contributed by atoms with van der Waals surface area (Å²) in [7, 11) is 0. The molecule has 0 saturated carbocycles. The summed E-state index contributed by atoms with van der Waals surface area (Å²) in [6.07, 6.45) is -2.65. The van der Waals surface area contributed by atoms with Crippen LogP contribution in [0, 0.1) is 6.92 Å². The summed E-state index contributed by atoms with van der Waals surface area (Å²) >= 11 is 1.59. The van der Waals surface area contributed by atoms with Crippen LogP contribution in [0.1, 0.15) is 15.3 Å². The predicted molar refractivity (Wildman–Crippen MR) is 67.8 cm³/mol. The maximum absolute atomic E-state index is 12.3. The lowest BCUT2D eigenvalue weighted by Crippen LogP contribution is -2.03. The zero-order valence-corrected chi connectivity index (χ0v) is 10.3. The van der Waals surface area contributed by atoms with Gasteiger partial charge in [0.15, 0.2) is 0 Å². The van der Waals surface area contributed by atoms with E-state index in [2.05, 4.69) is 4.99 Å². The van der Waals surface area contributed by atoms with Crippen LogP contribution in [0.5, 0.6) is 0 Å². The smallest absolute Gasteiger partial charge is 0.255 e. The zero-order valence-electron chi connectivity index (χ0n) is 9.53. The number of alkyl halides is 3. The van der Waals surface area contributed by atoms with Gasteiger partial charge >= 0.3 is 6.18 Å². The van der Waals surface area contributed by atoms with Crippen LogP contribution < -0.4 is 0 Å². The van der Waals surface area contributed by atoms with E-state index in [1.54, 1.807) is 17.6 Å². The number of nitrogens with zero attached hydrogens (tertiary/aromatic N) is 1. The van der Waals surface area contributed by atoms with Crippen molar-refractivity contribution >= 4 is 23.2 Å². The van der Waals surface area contributed by atoms with Gasteiger partial charge in [-0.15, -0.1) is 11.3 Å². The van der Waals surface area contributed by atoms with Crippen LogP contribution in [0.2, 0.25) is 0 Å². The number of hydrogen-bond donors (Lipinski definition) is 0. The normalized spacial score (nSPS) is 12.2. The maximum atomic E-state index is 12.3. The third kappa shape index (κ3) is 3.20. The van der Waals surface area contributed by atoms with Crippen molar-refractivity contribution in [3.8, 4) is 0 Å². The molecule has 1 nitrogen and oxygen atoms in total. The van der Waals surface area contributed by atoms with Gasteiger partial charge in [-0.1, -0.05) is 0 Å². The van der Waals surface area contributed by atoms with Gasteiger partial charge in [-0.2, -0.15) is 13.2 Å². The van der Waals surface area contributed by atoms with Gasteiger partial charge in [0.2, 0.25) is 0 Å². The van der Waals surface area contributed by atoms with Crippen LogP contribution in [-0.2, 0) is 6.18 Å². The summed E-state index contributed by atoms with van der Waals surface area (Å²) in [5.41, 5.74) is -0.150. The Bertz CT molecular complexity index is 552. The van der Waals surface area contributed by atoms with Crippen LogP contribution in [0.25, 0.3) is 0 Å². The van der Waals surface area contributed by atoms with Crippen molar-refractivity contribution in [1.29, 1.82) is 0 Å². The maximum Gasteiger partial charge on any atom is 0.416 e. The third-order valence-electron chi connectivity index (χ3n) is 2.30. The Kier molecular flexibility index (Phi) is 3.52. The van der Waals surface area contributed by atoms with Crippen molar-refractivity contribution in [1.82, 2.24) is 0 Å². The lowest BCUT2D eigenvalue weighted by Gasteiger charge is -2.05. The molecule has 0 aliphatic heterocycles. The fourth-order valence-electron chi connectivity index (χ4n) is 1.40. The molecular weight excluding hydrogens is 259 g/mol. The number of thiophene rings is 1. The van der Waals surface area contributed by atoms with Crippen LogP contribution in [0.15, 0.2) is 41.4 Å². The summed E-state index contributed by atoms with van der Waals surface area (Å²) in [5, 5.41) is 0. The molecule has 0 amide bonds. The summed E-state index contributed by atoms with van der Waals surface area (Å²) in [4.78, 5) is 6.28. The monoisotopic (exact) mass is 269 g/mol. The first-order chi connectivity index (χ1) is 8.45. The SMILES string of the molecule is Cc1ccc(C=Nc2ccc(C(F)(F)F)cc2)s1. The first kappa shape index (κ1) is 12.8. The van der Waals surface area contributed by atoms with E-state index in [4.69, 9.17) is 0 Å². The second-order valence-electron chi connectivity index (χ2n) is 3.75. The fraction of sp³-hybridized carbons (Fsp3) is 0.154. The molecule has 5 heteroatoms. The minimum atomic E-state index is -4.30. The topological polar surface area (TPSA) is 12.4 Å². The van der Waals surface area contributed by atoms with Crippen molar-refractivity contribution < 1.29 is 13.2 Å². The Labute approximate surface area is 107 Å². The Morgan fingerprint density at radius 1 is 1.06 bits per heavy atom. The van der Waals surface area contributed by atoms with E-state index in [0.717, 1.165) is 17.0 Å². The number of halogens is 3. The van der Waals surface area contributed by atoms with Gasteiger partial charge in [0.25, 0.3) is 0 Å². The minimum absolute atomic E-state index is 0.508. The molecule has 0 fully saturated rings. The number of hydrogen-bond acceptors (Lipinski definition) is 2. The molecule has 0 radical (unpaired) electrons. The molecule has 1 aromatic heterocycles. The van der Waals surface area contributed by atoms with Gasteiger partial charge < -0.3 is 0 Å². The highest BCUT2D eigenvalue weighted by Crippen LogP contribution is 2.30. The fourth-order valence-corrected chi connectivity index (χ4v) is 2.15. The van der Waals surface area contributed by atoms with E-state index < -0.39 is 11.7 Å². The lowest BCUT2D eigenvalue weighted by molar-refractivity contribution is -0.137. The lowest BCUT2D eigenvalue weighted by atomic mass is 10.2. The Morgan fingerprint density at radius 3 is 2.22 bits per heavy atom. The Balaban J connectivity index is 2.13. The zero-order chi connectivity index (χ0) is 13.2. The van der Waals surface area contributed by atoms with E-state index in [1.807, 2.05) is 19.1 Å². The first-order valence-electron chi connectivity index (χ1n) is 5.23. The molecule has 94 valence electrons. The van der Waals surface area contributed by atoms with Gasteiger partial charge in [0.1, 0.15) is 0 Å². The van der Waals surface area contributed by atoms with Crippen molar-refractivity contribution in [3.63, 3.8) is 0 Å². The molecule has 0 unspecified atom stereocenters. The number of rotatable bonds is 2. The molecule has 0 spiro atoms. The average Bonchev–Trinajstić information content (AvgIpc) is 2.72. The number of aryl methyl sites for hydroxylation is 1. The molecule has 0 bridgehead atoms. The molecule has 2 rings (SSSR count). The molecule has 0 N–H and O–H groups in total. The summed E-state index contributed by atoms with van der Waals surface area (Å²) < 4.78 is 37.0. The van der Waals surface area contributed by atoms with Crippen LogP contribution >= 0.6 is 11.3 Å². The second-order valence-corrected chi connectivity index (χ2v) is 5.07. The first-order valence-corrected chi connectivity index (χ1v) is 6.04. The van der Waals surface area contributed by atoms with Gasteiger partial charge in [0.05, 0.1) is 11.3 Å². The molecule has 0 aliphatic carbocycles. The van der Waals surface area contributed by atoms with Crippen molar-refractivity contribution in [2.75, 3.05) is 0 Å². The van der Waals surface area contributed by atoms with Crippen LogP contribution in [0.3, 0.4) is 0 Å². The van der Waals surface area contributed by atoms with Crippen LogP contribution in [-0.4, -0.2) is 6.21 Å². The number of aliphatic imine (C=N–C) groups is 1. The molecule has 0 aliphatic rings. The van der Waals surface area contributed by atoms with Gasteiger partial charge in [-0.05, 0) is 43.3 Å².